The number of halogens is 6. The number of benzene rings is 1. The summed E-state index contributed by atoms with van der Waals surface area (Å²) in [5.41, 5.74) is -2.74. The van der Waals surface area contributed by atoms with Gasteiger partial charge in [-0.2, -0.15) is 26.3 Å². The molecule has 0 bridgehead atoms. The van der Waals surface area contributed by atoms with Crippen molar-refractivity contribution in [2.45, 2.75) is 50.5 Å². The fourth-order valence-electron chi connectivity index (χ4n) is 5.49. The van der Waals surface area contributed by atoms with E-state index in [-0.39, 0.29) is 29.5 Å². The Labute approximate surface area is 233 Å². The number of hydrogen-bond donors (Lipinski definition) is 1. The molecule has 3 aliphatic rings. The number of nitrogens with zero attached hydrogens (tertiary/aromatic N) is 3. The number of allylic oxidation sites excluding steroid dienone is 3. The van der Waals surface area contributed by atoms with Crippen LogP contribution in [0, 0.1) is 22.0 Å². The molecule has 1 aromatic rings. The topological polar surface area (TPSA) is 78.7 Å². The number of nitro groups is 1. The van der Waals surface area contributed by atoms with Gasteiger partial charge in [-0.1, -0.05) is 30.4 Å². The van der Waals surface area contributed by atoms with E-state index in [1.54, 1.807) is 11.0 Å². The summed E-state index contributed by atoms with van der Waals surface area (Å²) in [6.07, 6.45) is 1.80. The molecule has 1 amide bonds. The smallest absolute Gasteiger partial charge is 0.384 e. The van der Waals surface area contributed by atoms with Gasteiger partial charge in [-0.15, -0.1) is 0 Å². The predicted octanol–water partition coefficient (Wildman–Crippen LogP) is 6.35. The maximum atomic E-state index is 13.2. The molecular formula is C28H32F6N4O3. The first kappa shape index (κ1) is 30.6. The summed E-state index contributed by atoms with van der Waals surface area (Å²) in [6.45, 7) is 2.66. The molecule has 2 aliphatic carbocycles. The first-order chi connectivity index (χ1) is 19.3. The number of rotatable bonds is 8. The highest BCUT2D eigenvalue weighted by Gasteiger charge is 2.38. The van der Waals surface area contributed by atoms with Crippen molar-refractivity contribution >= 4 is 17.3 Å². The van der Waals surface area contributed by atoms with E-state index in [4.69, 9.17) is 0 Å². The van der Waals surface area contributed by atoms with Gasteiger partial charge in [-0.25, -0.2) is 0 Å². The fraction of sp³-hybridized carbons (Fsp3) is 0.536. The highest BCUT2D eigenvalue weighted by molar-refractivity contribution is 5.76. The lowest BCUT2D eigenvalue weighted by Crippen LogP contribution is -2.51. The predicted molar refractivity (Wildman–Crippen MR) is 141 cm³/mol. The minimum absolute atomic E-state index is 0.0546. The molecule has 3 unspecified atom stereocenters. The number of anilines is 1. The number of piperazine rings is 1. The summed E-state index contributed by atoms with van der Waals surface area (Å²) in [7, 11) is 0. The Balaban J connectivity index is 1.17. The molecule has 13 heteroatoms. The fourth-order valence-corrected chi connectivity index (χ4v) is 5.49. The Morgan fingerprint density at radius 2 is 1.66 bits per heavy atom. The molecule has 0 aromatic heterocycles. The second-order valence-corrected chi connectivity index (χ2v) is 10.6. The highest BCUT2D eigenvalue weighted by Crippen LogP contribution is 2.38. The van der Waals surface area contributed by atoms with E-state index in [0.29, 0.717) is 52.0 Å². The van der Waals surface area contributed by atoms with Crippen LogP contribution in [0.15, 0.2) is 54.2 Å². The Morgan fingerprint density at radius 1 is 0.976 bits per heavy atom. The van der Waals surface area contributed by atoms with Gasteiger partial charge in [-0.3, -0.25) is 19.8 Å². The second kappa shape index (κ2) is 12.7. The second-order valence-electron chi connectivity index (χ2n) is 10.6. The van der Waals surface area contributed by atoms with Crippen molar-refractivity contribution in [3.63, 3.8) is 0 Å². The van der Waals surface area contributed by atoms with Crippen LogP contribution in [0.25, 0.3) is 0 Å². The maximum absolute atomic E-state index is 13.2. The summed E-state index contributed by atoms with van der Waals surface area (Å²) in [5, 5.41) is 13.9. The summed E-state index contributed by atoms with van der Waals surface area (Å²) in [4.78, 5) is 26.5. The summed E-state index contributed by atoms with van der Waals surface area (Å²) >= 11 is 0. The minimum Gasteiger partial charge on any atom is -0.384 e. The van der Waals surface area contributed by atoms with Crippen molar-refractivity contribution in [2.75, 3.05) is 38.0 Å². The molecule has 1 fully saturated rings. The molecule has 0 radical (unpaired) electrons. The third-order valence-electron chi connectivity index (χ3n) is 7.90. The van der Waals surface area contributed by atoms with Gasteiger partial charge >= 0.3 is 12.4 Å². The van der Waals surface area contributed by atoms with Gasteiger partial charge in [0.25, 0.3) is 5.69 Å². The molecule has 1 N–H and O–H groups in total. The van der Waals surface area contributed by atoms with E-state index < -0.39 is 34.1 Å². The number of amides is 1. The molecule has 41 heavy (non-hydrogen) atoms. The van der Waals surface area contributed by atoms with Crippen LogP contribution in [-0.4, -0.2) is 65.6 Å². The average Bonchev–Trinajstić information content (AvgIpc) is 2.94. The SMILES string of the molecule is O=C(CCC1C=CC(CNc2ccc([N+](=O)[O-])c(C(F)(F)F)c2)CC1)N1CCN(C2C=CC(C(F)(F)F)=CC2)CC1. The van der Waals surface area contributed by atoms with Gasteiger partial charge in [0.05, 0.1) is 10.5 Å². The Kier molecular flexibility index (Phi) is 9.45. The quantitative estimate of drug-likeness (QED) is 0.166. The molecule has 1 aliphatic heterocycles. The Morgan fingerprint density at radius 3 is 2.22 bits per heavy atom. The third kappa shape index (κ3) is 8.11. The first-order valence-electron chi connectivity index (χ1n) is 13.6. The Hall–Kier alpha value is -3.35. The molecule has 7 nitrogen and oxygen atoms in total. The largest absolute Gasteiger partial charge is 0.423 e. The summed E-state index contributed by atoms with van der Waals surface area (Å²) in [6, 6.07) is 2.78. The first-order valence-corrected chi connectivity index (χ1v) is 13.6. The zero-order chi connectivity index (χ0) is 29.8. The van der Waals surface area contributed by atoms with E-state index in [2.05, 4.69) is 10.2 Å². The van der Waals surface area contributed by atoms with E-state index in [9.17, 15) is 41.3 Å². The van der Waals surface area contributed by atoms with Crippen LogP contribution in [0.1, 0.15) is 37.7 Å². The van der Waals surface area contributed by atoms with E-state index in [1.165, 1.54) is 12.1 Å². The highest BCUT2D eigenvalue weighted by atomic mass is 19.4. The lowest BCUT2D eigenvalue weighted by Gasteiger charge is -2.39. The van der Waals surface area contributed by atoms with Crippen LogP contribution in [0.4, 0.5) is 37.7 Å². The minimum atomic E-state index is -4.84. The van der Waals surface area contributed by atoms with Gasteiger partial charge in [0.2, 0.25) is 5.91 Å². The molecule has 1 heterocycles. The molecule has 0 spiro atoms. The van der Waals surface area contributed by atoms with Crippen molar-refractivity contribution in [1.29, 1.82) is 0 Å². The lowest BCUT2D eigenvalue weighted by molar-refractivity contribution is -0.388. The standard InChI is InChI=1S/C28H32F6N4O3/c29-27(30,31)21-6-9-23(10-7-21)36-13-15-37(16-14-36)26(39)12-5-19-1-3-20(4-2-19)18-35-22-8-11-25(38(40)41)24(17-22)28(32,33)34/h1,3,6-9,11,17,19-20,23,35H,2,4-5,10,12-16,18H2. The van der Waals surface area contributed by atoms with E-state index >= 15 is 0 Å². The van der Waals surface area contributed by atoms with Gasteiger partial charge in [0.1, 0.15) is 5.56 Å². The molecule has 1 saturated heterocycles. The van der Waals surface area contributed by atoms with E-state index in [0.717, 1.165) is 31.1 Å². The van der Waals surface area contributed by atoms with Gasteiger partial charge in [0, 0.05) is 56.9 Å². The van der Waals surface area contributed by atoms with Crippen LogP contribution in [0.2, 0.25) is 0 Å². The number of nitro benzene ring substituents is 1. The number of carbonyl (C=O) groups excluding carboxylic acids is 1. The van der Waals surface area contributed by atoms with E-state index in [1.807, 2.05) is 12.2 Å². The molecule has 3 atom stereocenters. The monoisotopic (exact) mass is 586 g/mol. The van der Waals surface area contributed by atoms with Crippen molar-refractivity contribution < 1.29 is 36.1 Å². The molecular weight excluding hydrogens is 554 g/mol. The van der Waals surface area contributed by atoms with Crippen LogP contribution >= 0.6 is 0 Å². The zero-order valence-electron chi connectivity index (χ0n) is 22.3. The average molecular weight is 587 g/mol. The summed E-state index contributed by atoms with van der Waals surface area (Å²) in [5.74, 6) is 0.351. The van der Waals surface area contributed by atoms with Crippen LogP contribution in [0.3, 0.4) is 0 Å². The van der Waals surface area contributed by atoms with Crippen molar-refractivity contribution in [2.24, 2.45) is 11.8 Å². The Bertz CT molecular complexity index is 1200. The number of hydrogen-bond acceptors (Lipinski definition) is 5. The van der Waals surface area contributed by atoms with Crippen molar-refractivity contribution in [3.8, 4) is 0 Å². The van der Waals surface area contributed by atoms with Gasteiger partial charge < -0.3 is 10.2 Å². The summed E-state index contributed by atoms with van der Waals surface area (Å²) < 4.78 is 78.1. The molecule has 4 rings (SSSR count). The zero-order valence-corrected chi connectivity index (χ0v) is 22.3. The molecule has 224 valence electrons. The molecule has 0 saturated carbocycles. The maximum Gasteiger partial charge on any atom is 0.423 e. The van der Waals surface area contributed by atoms with Crippen molar-refractivity contribution in [1.82, 2.24) is 9.80 Å². The lowest BCUT2D eigenvalue weighted by atomic mass is 9.86. The van der Waals surface area contributed by atoms with Gasteiger partial charge in [0.15, 0.2) is 0 Å². The van der Waals surface area contributed by atoms with Crippen LogP contribution < -0.4 is 5.32 Å². The normalized spacial score (nSPS) is 23.8. The van der Waals surface area contributed by atoms with Crippen LogP contribution in [0.5, 0.6) is 0 Å². The van der Waals surface area contributed by atoms with Crippen molar-refractivity contribution in [3.05, 3.63) is 69.8 Å². The number of alkyl halides is 6. The van der Waals surface area contributed by atoms with Crippen LogP contribution in [-0.2, 0) is 11.0 Å². The number of carbonyl (C=O) groups is 1. The number of nitrogens with one attached hydrogen (secondary N) is 1. The molecule has 1 aromatic carbocycles. The third-order valence-corrected chi connectivity index (χ3v) is 7.90. The van der Waals surface area contributed by atoms with Gasteiger partial charge in [-0.05, 0) is 49.7 Å².